The first kappa shape index (κ1) is 16.6. The van der Waals surface area contributed by atoms with Gasteiger partial charge in [-0.1, -0.05) is 24.3 Å². The van der Waals surface area contributed by atoms with E-state index in [0.717, 1.165) is 26.2 Å². The summed E-state index contributed by atoms with van der Waals surface area (Å²) >= 11 is 1.49. The molecule has 0 bridgehead atoms. The van der Waals surface area contributed by atoms with Gasteiger partial charge in [0.25, 0.3) is 0 Å². The Morgan fingerprint density at radius 1 is 1.29 bits per heavy atom. The Labute approximate surface area is 144 Å². The number of anilines is 1. The second kappa shape index (κ2) is 7.53. The lowest BCUT2D eigenvalue weighted by molar-refractivity contribution is -0.117. The van der Waals surface area contributed by atoms with Crippen molar-refractivity contribution < 1.29 is 9.90 Å². The molecule has 24 heavy (non-hydrogen) atoms. The van der Waals surface area contributed by atoms with Crippen molar-refractivity contribution in [2.24, 2.45) is 5.73 Å². The number of amides is 1. The molecule has 1 aromatic carbocycles. The Kier molecular flexibility index (Phi) is 5.20. The second-order valence-electron chi connectivity index (χ2n) is 5.52. The van der Waals surface area contributed by atoms with Gasteiger partial charge in [-0.3, -0.25) is 9.78 Å². The summed E-state index contributed by atoms with van der Waals surface area (Å²) in [7, 11) is 0. The summed E-state index contributed by atoms with van der Waals surface area (Å²) in [5, 5.41) is 13.8. The van der Waals surface area contributed by atoms with E-state index in [1.165, 1.54) is 11.3 Å². The normalized spacial score (nSPS) is 12.2. The molecule has 0 saturated heterocycles. The number of benzene rings is 1. The Hall–Kier alpha value is -2.28. The minimum Gasteiger partial charge on any atom is -0.396 e. The molecule has 2 aromatic heterocycles. The smallest absolute Gasteiger partial charge is 0.233 e. The van der Waals surface area contributed by atoms with Crippen LogP contribution in [0.3, 0.4) is 0 Å². The highest BCUT2D eigenvalue weighted by molar-refractivity contribution is 7.22. The molecule has 3 rings (SSSR count). The van der Waals surface area contributed by atoms with Crippen molar-refractivity contribution in [2.45, 2.75) is 12.3 Å². The van der Waals surface area contributed by atoms with E-state index in [9.17, 15) is 4.79 Å². The fraction of sp³-hybridized carbons (Fsp3) is 0.222. The van der Waals surface area contributed by atoms with E-state index >= 15 is 0 Å². The molecular formula is C18H19N3O2S. The van der Waals surface area contributed by atoms with Crippen LogP contribution >= 0.6 is 11.3 Å². The van der Waals surface area contributed by atoms with E-state index in [2.05, 4.69) is 10.3 Å². The number of rotatable bonds is 6. The number of nitrogens with zero attached hydrogens (tertiary/aromatic N) is 1. The molecule has 1 atom stereocenters. The largest absolute Gasteiger partial charge is 0.396 e. The van der Waals surface area contributed by atoms with Crippen LogP contribution in [0.4, 0.5) is 5.00 Å². The maximum absolute atomic E-state index is 12.6. The molecule has 1 amide bonds. The van der Waals surface area contributed by atoms with Crippen molar-refractivity contribution in [2.75, 3.05) is 18.5 Å². The molecule has 0 aliphatic carbocycles. The summed E-state index contributed by atoms with van der Waals surface area (Å²) in [5.41, 5.74) is 7.73. The molecule has 4 N–H and O–H groups in total. The van der Waals surface area contributed by atoms with Gasteiger partial charge in [-0.2, -0.15) is 0 Å². The van der Waals surface area contributed by atoms with Crippen molar-refractivity contribution in [3.05, 3.63) is 59.9 Å². The summed E-state index contributed by atoms with van der Waals surface area (Å²) in [6.45, 7) is 0.346. The predicted molar refractivity (Wildman–Crippen MR) is 97.3 cm³/mol. The fourth-order valence-corrected chi connectivity index (χ4v) is 3.53. The van der Waals surface area contributed by atoms with Crippen molar-refractivity contribution in [1.82, 2.24) is 4.98 Å². The highest BCUT2D eigenvalue weighted by Gasteiger charge is 2.20. The molecule has 5 nitrogen and oxygen atoms in total. The standard InChI is InChI=1S/C18H19N3O2S/c19-10-15(13-3-1-12(2-4-13)6-8-22)18(23)21-17-9-14-5-7-20-11-16(14)24-17/h1-5,7,9,11,15,22H,6,8,10,19H2,(H,21,23). The minimum absolute atomic E-state index is 0.112. The third-order valence-electron chi connectivity index (χ3n) is 3.90. The quantitative estimate of drug-likeness (QED) is 0.643. The molecule has 124 valence electrons. The first-order chi connectivity index (χ1) is 11.7. The topological polar surface area (TPSA) is 88.2 Å². The van der Waals surface area contributed by atoms with E-state index in [-0.39, 0.29) is 19.1 Å². The zero-order valence-corrected chi connectivity index (χ0v) is 13.9. The van der Waals surface area contributed by atoms with E-state index in [1.54, 1.807) is 12.4 Å². The number of aromatic nitrogens is 1. The Bertz CT molecular complexity index is 797. The summed E-state index contributed by atoms with van der Waals surface area (Å²) in [4.78, 5) is 16.7. The van der Waals surface area contributed by atoms with Gasteiger partial charge >= 0.3 is 0 Å². The van der Waals surface area contributed by atoms with Gasteiger partial charge in [-0.05, 0) is 35.1 Å². The first-order valence-electron chi connectivity index (χ1n) is 7.75. The number of hydrogen-bond acceptors (Lipinski definition) is 5. The van der Waals surface area contributed by atoms with Gasteiger partial charge in [-0.25, -0.2) is 0 Å². The zero-order valence-electron chi connectivity index (χ0n) is 13.1. The lowest BCUT2D eigenvalue weighted by Gasteiger charge is -2.15. The molecule has 1 unspecified atom stereocenters. The molecule has 0 aliphatic heterocycles. The number of fused-ring (bicyclic) bond motifs is 1. The third kappa shape index (κ3) is 3.62. The average molecular weight is 341 g/mol. The highest BCUT2D eigenvalue weighted by atomic mass is 32.1. The molecule has 2 heterocycles. The Morgan fingerprint density at radius 2 is 2.08 bits per heavy atom. The Balaban J connectivity index is 1.75. The van der Waals surface area contributed by atoms with Crippen molar-refractivity contribution in [3.8, 4) is 0 Å². The van der Waals surface area contributed by atoms with Gasteiger partial charge in [0, 0.05) is 25.5 Å². The number of carbonyl (C=O) groups is 1. The number of hydrogen-bond donors (Lipinski definition) is 3. The van der Waals surface area contributed by atoms with Gasteiger partial charge in [0.05, 0.1) is 15.6 Å². The number of aliphatic hydroxyl groups excluding tert-OH is 1. The number of pyridine rings is 1. The number of carbonyl (C=O) groups excluding carboxylic acids is 1. The van der Waals surface area contributed by atoms with Crippen LogP contribution < -0.4 is 11.1 Å². The average Bonchev–Trinajstić information content (AvgIpc) is 2.99. The molecule has 0 saturated carbocycles. The van der Waals surface area contributed by atoms with E-state index in [4.69, 9.17) is 10.8 Å². The molecule has 3 aromatic rings. The zero-order chi connectivity index (χ0) is 16.9. The SMILES string of the molecule is NCC(C(=O)Nc1cc2ccncc2s1)c1ccc(CCO)cc1. The number of nitrogens with two attached hydrogens (primary N) is 1. The van der Waals surface area contributed by atoms with Crippen LogP contribution in [0, 0.1) is 0 Å². The lowest BCUT2D eigenvalue weighted by atomic mass is 9.96. The van der Waals surface area contributed by atoms with Gasteiger partial charge in [0.15, 0.2) is 0 Å². The first-order valence-corrected chi connectivity index (χ1v) is 8.57. The van der Waals surface area contributed by atoms with Crippen LogP contribution in [0.1, 0.15) is 17.0 Å². The molecule has 6 heteroatoms. The predicted octanol–water partition coefficient (Wildman–Crippen LogP) is 2.51. The number of nitrogens with one attached hydrogen (secondary N) is 1. The van der Waals surface area contributed by atoms with Gasteiger partial charge in [0.2, 0.25) is 5.91 Å². The van der Waals surface area contributed by atoms with Crippen LogP contribution in [0.25, 0.3) is 10.1 Å². The molecule has 0 aliphatic rings. The van der Waals surface area contributed by atoms with Gasteiger partial charge in [-0.15, -0.1) is 11.3 Å². The van der Waals surface area contributed by atoms with Crippen LogP contribution in [0.15, 0.2) is 48.8 Å². The molecule has 0 radical (unpaired) electrons. The molecule has 0 fully saturated rings. The fourth-order valence-electron chi connectivity index (χ4n) is 2.59. The maximum atomic E-state index is 12.6. The van der Waals surface area contributed by atoms with Crippen LogP contribution in [0.2, 0.25) is 0 Å². The highest BCUT2D eigenvalue weighted by Crippen LogP contribution is 2.29. The third-order valence-corrected chi connectivity index (χ3v) is 4.90. The van der Waals surface area contributed by atoms with Crippen LogP contribution in [0.5, 0.6) is 0 Å². The second-order valence-corrected chi connectivity index (χ2v) is 6.60. The summed E-state index contributed by atoms with van der Waals surface area (Å²) < 4.78 is 1.03. The van der Waals surface area contributed by atoms with E-state index in [0.29, 0.717) is 6.42 Å². The van der Waals surface area contributed by atoms with E-state index in [1.807, 2.05) is 36.4 Å². The van der Waals surface area contributed by atoms with Gasteiger partial charge in [0.1, 0.15) is 0 Å². The minimum atomic E-state index is -0.406. The Morgan fingerprint density at radius 3 is 2.75 bits per heavy atom. The van der Waals surface area contributed by atoms with Crippen LogP contribution in [-0.2, 0) is 11.2 Å². The summed E-state index contributed by atoms with van der Waals surface area (Å²) in [6, 6.07) is 11.5. The van der Waals surface area contributed by atoms with Gasteiger partial charge < -0.3 is 16.2 Å². The van der Waals surface area contributed by atoms with Crippen LogP contribution in [-0.4, -0.2) is 29.1 Å². The number of aliphatic hydroxyl groups is 1. The lowest BCUT2D eigenvalue weighted by Crippen LogP contribution is -2.27. The van der Waals surface area contributed by atoms with Crippen molar-refractivity contribution >= 4 is 32.3 Å². The maximum Gasteiger partial charge on any atom is 0.233 e. The summed E-state index contributed by atoms with van der Waals surface area (Å²) in [6.07, 6.45) is 4.13. The summed E-state index contributed by atoms with van der Waals surface area (Å²) in [5.74, 6) is -0.525. The van der Waals surface area contributed by atoms with Crippen molar-refractivity contribution in [3.63, 3.8) is 0 Å². The molecule has 0 spiro atoms. The monoisotopic (exact) mass is 341 g/mol. The van der Waals surface area contributed by atoms with Crippen molar-refractivity contribution in [1.29, 1.82) is 0 Å². The number of thiophene rings is 1. The van der Waals surface area contributed by atoms with E-state index < -0.39 is 5.92 Å². The molecular weight excluding hydrogens is 322 g/mol.